The molecule has 0 N–H and O–H groups in total. The van der Waals surface area contributed by atoms with Crippen LogP contribution in [0.2, 0.25) is 0 Å². The Morgan fingerprint density at radius 3 is 2.57 bits per heavy atom. The molecular weight excluding hydrogens is 288 g/mol. The molecule has 1 aliphatic rings. The van der Waals surface area contributed by atoms with Gasteiger partial charge < -0.3 is 0 Å². The fraction of sp³-hybridized carbons (Fsp3) is 0.389. The molecule has 0 bridgehead atoms. The Labute approximate surface area is 135 Å². The topological polar surface area (TPSA) is 52.7 Å². The van der Waals surface area contributed by atoms with Gasteiger partial charge in [0, 0.05) is 24.8 Å². The molecule has 5 nitrogen and oxygen atoms in total. The van der Waals surface area contributed by atoms with Gasteiger partial charge in [0.15, 0.2) is 0 Å². The summed E-state index contributed by atoms with van der Waals surface area (Å²) in [6, 6.07) is 6.14. The van der Waals surface area contributed by atoms with Gasteiger partial charge >= 0.3 is 0 Å². The highest BCUT2D eigenvalue weighted by Gasteiger charge is 2.27. The smallest absolute Gasteiger partial charge is 0.262 e. The minimum atomic E-state index is 0.0689. The maximum absolute atomic E-state index is 12.9. The van der Waals surface area contributed by atoms with E-state index in [-0.39, 0.29) is 5.56 Å². The molecule has 1 aliphatic carbocycles. The quantitative estimate of drug-likeness (QED) is 0.728. The molecule has 4 rings (SSSR count). The normalized spacial score (nSPS) is 13.7. The molecule has 0 unspecified atom stereocenters. The molecule has 2 heterocycles. The molecule has 5 heteroatoms. The third-order valence-electron chi connectivity index (χ3n) is 4.03. The van der Waals surface area contributed by atoms with Crippen LogP contribution in [0.4, 0.5) is 0 Å². The van der Waals surface area contributed by atoms with E-state index in [4.69, 9.17) is 0 Å². The second-order valence-electron chi connectivity index (χ2n) is 5.67. The summed E-state index contributed by atoms with van der Waals surface area (Å²) in [5, 5.41) is 4.90. The first-order chi connectivity index (χ1) is 11.1. The van der Waals surface area contributed by atoms with Gasteiger partial charge in [0.05, 0.1) is 17.1 Å². The molecule has 1 aromatic carbocycles. The molecule has 1 fully saturated rings. The van der Waals surface area contributed by atoms with Crippen molar-refractivity contribution in [3.05, 3.63) is 46.8 Å². The second kappa shape index (κ2) is 5.99. The Morgan fingerprint density at radius 1 is 1.22 bits per heavy atom. The number of fused-ring (bicyclic) bond motifs is 1. The number of rotatable bonds is 2. The third kappa shape index (κ3) is 2.67. The highest BCUT2D eigenvalue weighted by atomic mass is 16.1. The van der Waals surface area contributed by atoms with Gasteiger partial charge in [-0.3, -0.25) is 14.0 Å². The van der Waals surface area contributed by atoms with Gasteiger partial charge in [-0.05, 0) is 31.4 Å². The zero-order chi connectivity index (χ0) is 16.6. The lowest BCUT2D eigenvalue weighted by Gasteiger charge is -2.11. The number of nitrogens with zero attached hydrogens (tertiary/aromatic N) is 4. The summed E-state index contributed by atoms with van der Waals surface area (Å²) in [5.74, 6) is 0.804. The molecule has 0 saturated heterocycles. The summed E-state index contributed by atoms with van der Waals surface area (Å²) in [6.07, 6.45) is 5.86. The molecule has 0 atom stereocenters. The van der Waals surface area contributed by atoms with Crippen LogP contribution in [0.1, 0.15) is 38.6 Å². The van der Waals surface area contributed by atoms with Crippen molar-refractivity contribution in [3.8, 4) is 11.1 Å². The van der Waals surface area contributed by atoms with Crippen molar-refractivity contribution < 1.29 is 0 Å². The average molecular weight is 310 g/mol. The van der Waals surface area contributed by atoms with Crippen LogP contribution in [0.25, 0.3) is 22.0 Å². The minimum absolute atomic E-state index is 0.0689. The Morgan fingerprint density at radius 2 is 1.96 bits per heavy atom. The van der Waals surface area contributed by atoms with Crippen molar-refractivity contribution in [2.75, 3.05) is 0 Å². The van der Waals surface area contributed by atoms with E-state index in [1.165, 1.54) is 0 Å². The summed E-state index contributed by atoms with van der Waals surface area (Å²) in [7, 11) is 1.87. The van der Waals surface area contributed by atoms with Crippen LogP contribution in [-0.4, -0.2) is 19.3 Å². The Kier molecular flexibility index (Phi) is 4.03. The van der Waals surface area contributed by atoms with Gasteiger partial charge in [-0.25, -0.2) is 4.98 Å². The lowest BCUT2D eigenvalue weighted by molar-refractivity contribution is 0.668. The van der Waals surface area contributed by atoms with E-state index in [9.17, 15) is 4.79 Å². The molecule has 120 valence electrons. The van der Waals surface area contributed by atoms with Crippen LogP contribution >= 0.6 is 0 Å². The van der Waals surface area contributed by atoms with Crippen LogP contribution < -0.4 is 5.56 Å². The van der Waals surface area contributed by atoms with Crippen molar-refractivity contribution in [1.82, 2.24) is 19.3 Å². The number of hydrogen-bond acceptors (Lipinski definition) is 3. The molecule has 3 aromatic rings. The number of aryl methyl sites for hydroxylation is 2. The zero-order valence-corrected chi connectivity index (χ0v) is 14.1. The van der Waals surface area contributed by atoms with Crippen LogP contribution in [-0.2, 0) is 7.05 Å². The standard InChI is InChI=1S/C16H16N4O.C2H6/c1-10-18-14-5-3-4-13(11-8-17-19(2)9-11)15(14)16(21)20(10)12-6-7-12;1-2/h3-5,8-9,12H,6-7H2,1-2H3;1-2H3. The third-order valence-corrected chi connectivity index (χ3v) is 4.03. The molecular formula is C18H22N4O. The van der Waals surface area contributed by atoms with E-state index in [0.29, 0.717) is 11.4 Å². The molecule has 0 radical (unpaired) electrons. The lowest BCUT2D eigenvalue weighted by atomic mass is 10.0. The van der Waals surface area contributed by atoms with Gasteiger partial charge in [0.1, 0.15) is 5.82 Å². The van der Waals surface area contributed by atoms with E-state index in [1.54, 1.807) is 10.9 Å². The van der Waals surface area contributed by atoms with Crippen LogP contribution in [0.3, 0.4) is 0 Å². The fourth-order valence-electron chi connectivity index (χ4n) is 2.92. The second-order valence-corrected chi connectivity index (χ2v) is 5.67. The Bertz CT molecular complexity index is 903. The van der Waals surface area contributed by atoms with Gasteiger partial charge in [0.2, 0.25) is 0 Å². The van der Waals surface area contributed by atoms with Crippen LogP contribution in [0.5, 0.6) is 0 Å². The highest BCUT2D eigenvalue weighted by molar-refractivity contribution is 5.93. The largest absolute Gasteiger partial charge is 0.293 e. The molecule has 2 aromatic heterocycles. The SMILES string of the molecule is CC.Cc1nc2cccc(-c3cnn(C)c3)c2c(=O)n1C1CC1. The van der Waals surface area contributed by atoms with Crippen LogP contribution in [0.15, 0.2) is 35.4 Å². The number of hydrogen-bond donors (Lipinski definition) is 0. The van der Waals surface area contributed by atoms with Gasteiger partial charge in [-0.2, -0.15) is 5.10 Å². The van der Waals surface area contributed by atoms with E-state index < -0.39 is 0 Å². The maximum Gasteiger partial charge on any atom is 0.262 e. The predicted molar refractivity (Wildman–Crippen MR) is 92.6 cm³/mol. The van der Waals surface area contributed by atoms with E-state index in [2.05, 4.69) is 10.1 Å². The van der Waals surface area contributed by atoms with Crippen molar-refractivity contribution in [2.24, 2.45) is 7.05 Å². The highest BCUT2D eigenvalue weighted by Crippen LogP contribution is 2.35. The van der Waals surface area contributed by atoms with Crippen molar-refractivity contribution in [3.63, 3.8) is 0 Å². The first-order valence-electron chi connectivity index (χ1n) is 8.16. The van der Waals surface area contributed by atoms with E-state index in [0.717, 1.165) is 35.3 Å². The zero-order valence-electron chi connectivity index (χ0n) is 14.1. The summed E-state index contributed by atoms with van der Waals surface area (Å²) in [6.45, 7) is 5.91. The van der Waals surface area contributed by atoms with E-state index >= 15 is 0 Å². The number of aromatic nitrogens is 4. The summed E-state index contributed by atoms with van der Waals surface area (Å²) in [4.78, 5) is 17.6. The van der Waals surface area contributed by atoms with Crippen molar-refractivity contribution >= 4 is 10.9 Å². The monoisotopic (exact) mass is 310 g/mol. The van der Waals surface area contributed by atoms with Crippen molar-refractivity contribution in [2.45, 2.75) is 39.7 Å². The Balaban J connectivity index is 0.000000753. The molecule has 0 amide bonds. The number of benzene rings is 1. The summed E-state index contributed by atoms with van der Waals surface area (Å²) in [5.41, 5.74) is 2.69. The van der Waals surface area contributed by atoms with Crippen molar-refractivity contribution in [1.29, 1.82) is 0 Å². The molecule has 0 aliphatic heterocycles. The molecule has 23 heavy (non-hydrogen) atoms. The fourth-order valence-corrected chi connectivity index (χ4v) is 2.92. The average Bonchev–Trinajstić information content (AvgIpc) is 3.29. The van der Waals surface area contributed by atoms with Gasteiger partial charge in [0.25, 0.3) is 5.56 Å². The van der Waals surface area contributed by atoms with Gasteiger partial charge in [-0.1, -0.05) is 26.0 Å². The first-order valence-corrected chi connectivity index (χ1v) is 8.16. The van der Waals surface area contributed by atoms with Gasteiger partial charge in [-0.15, -0.1) is 0 Å². The predicted octanol–water partition coefficient (Wildman–Crippen LogP) is 3.47. The lowest BCUT2D eigenvalue weighted by Crippen LogP contribution is -2.23. The molecule has 0 spiro atoms. The van der Waals surface area contributed by atoms with Crippen LogP contribution in [0, 0.1) is 6.92 Å². The maximum atomic E-state index is 12.9. The Hall–Kier alpha value is -2.43. The first kappa shape index (κ1) is 15.5. The van der Waals surface area contributed by atoms with E-state index in [1.807, 2.05) is 56.8 Å². The summed E-state index contributed by atoms with van der Waals surface area (Å²) < 4.78 is 3.59. The molecule has 1 saturated carbocycles. The minimum Gasteiger partial charge on any atom is -0.293 e. The summed E-state index contributed by atoms with van der Waals surface area (Å²) >= 11 is 0.